The van der Waals surface area contributed by atoms with Gasteiger partial charge in [-0.05, 0) is 44.7 Å². The number of hydrogen-bond acceptors (Lipinski definition) is 1. The highest BCUT2D eigenvalue weighted by Crippen LogP contribution is 2.29. The summed E-state index contributed by atoms with van der Waals surface area (Å²) in [5.41, 5.74) is 0.0292. The number of carbonyl (C=O) groups is 1. The van der Waals surface area contributed by atoms with Crippen LogP contribution in [0.2, 0.25) is 5.02 Å². The van der Waals surface area contributed by atoms with Crippen LogP contribution in [-0.2, 0) is 0 Å². The van der Waals surface area contributed by atoms with Crippen LogP contribution < -0.4 is 0 Å². The lowest BCUT2D eigenvalue weighted by molar-refractivity contribution is 0.0630. The fraction of sp³-hybridized carbons (Fsp3) is 0.500. The molecule has 1 atom stereocenters. The van der Waals surface area contributed by atoms with Crippen LogP contribution in [0.4, 0.5) is 8.78 Å². The van der Waals surface area contributed by atoms with Crippen molar-refractivity contribution in [2.24, 2.45) is 0 Å². The van der Waals surface area contributed by atoms with Crippen molar-refractivity contribution in [1.29, 1.82) is 0 Å². The second kappa shape index (κ2) is 5.45. The summed E-state index contributed by atoms with van der Waals surface area (Å²) in [7, 11) is 0. The Hall–Kier alpha value is -1.16. The van der Waals surface area contributed by atoms with Gasteiger partial charge in [0, 0.05) is 12.6 Å². The third-order valence-electron chi connectivity index (χ3n) is 3.62. The van der Waals surface area contributed by atoms with Crippen molar-refractivity contribution < 1.29 is 13.6 Å². The monoisotopic (exact) mass is 287 g/mol. The lowest BCUT2D eigenvalue weighted by Crippen LogP contribution is -2.42. The number of amides is 1. The molecular formula is C14H16ClF2NO. The van der Waals surface area contributed by atoms with Gasteiger partial charge in [-0.2, -0.15) is 0 Å². The quantitative estimate of drug-likeness (QED) is 0.717. The SMILES string of the molecule is Cc1cc(F)c(F)c(C(=O)N2CCCC[C@H]2C)c1Cl. The molecule has 1 aliphatic rings. The number of rotatable bonds is 1. The first-order valence-electron chi connectivity index (χ1n) is 6.38. The summed E-state index contributed by atoms with van der Waals surface area (Å²) in [6.07, 6.45) is 2.80. The van der Waals surface area contributed by atoms with Gasteiger partial charge in [0.05, 0.1) is 10.6 Å². The van der Waals surface area contributed by atoms with Crippen molar-refractivity contribution in [3.63, 3.8) is 0 Å². The van der Waals surface area contributed by atoms with Gasteiger partial charge in [0.2, 0.25) is 0 Å². The Morgan fingerprint density at radius 3 is 2.74 bits per heavy atom. The molecule has 104 valence electrons. The van der Waals surface area contributed by atoms with E-state index < -0.39 is 17.5 Å². The molecule has 2 rings (SSSR count). The number of carbonyl (C=O) groups excluding carboxylic acids is 1. The Morgan fingerprint density at radius 1 is 1.42 bits per heavy atom. The molecule has 0 radical (unpaired) electrons. The minimum atomic E-state index is -1.15. The highest BCUT2D eigenvalue weighted by molar-refractivity contribution is 6.34. The van der Waals surface area contributed by atoms with E-state index in [2.05, 4.69) is 0 Å². The number of piperidine rings is 1. The summed E-state index contributed by atoms with van der Waals surface area (Å²) < 4.78 is 27.3. The molecule has 0 spiro atoms. The molecule has 0 aromatic heterocycles. The number of halogens is 3. The molecule has 0 aliphatic carbocycles. The van der Waals surface area contributed by atoms with Crippen LogP contribution in [-0.4, -0.2) is 23.4 Å². The van der Waals surface area contributed by atoms with Crippen LogP contribution in [0.5, 0.6) is 0 Å². The summed E-state index contributed by atoms with van der Waals surface area (Å²) in [6, 6.07) is 1.04. The van der Waals surface area contributed by atoms with Gasteiger partial charge in [-0.15, -0.1) is 0 Å². The zero-order valence-corrected chi connectivity index (χ0v) is 11.7. The van der Waals surface area contributed by atoms with E-state index in [4.69, 9.17) is 11.6 Å². The highest BCUT2D eigenvalue weighted by Gasteiger charge is 2.29. The Morgan fingerprint density at radius 2 is 2.11 bits per heavy atom. The number of hydrogen-bond donors (Lipinski definition) is 0. The van der Waals surface area contributed by atoms with Crippen molar-refractivity contribution in [3.05, 3.63) is 33.9 Å². The zero-order chi connectivity index (χ0) is 14.2. The summed E-state index contributed by atoms with van der Waals surface area (Å²) in [5, 5.41) is 0.00155. The lowest BCUT2D eigenvalue weighted by atomic mass is 10.0. The van der Waals surface area contributed by atoms with Gasteiger partial charge >= 0.3 is 0 Å². The van der Waals surface area contributed by atoms with Crippen LogP contribution in [0.25, 0.3) is 0 Å². The molecule has 0 saturated carbocycles. The first-order chi connectivity index (χ1) is 8.93. The van der Waals surface area contributed by atoms with E-state index in [-0.39, 0.29) is 16.6 Å². The normalized spacial score (nSPS) is 19.6. The molecule has 19 heavy (non-hydrogen) atoms. The Labute approximate surface area is 116 Å². The summed E-state index contributed by atoms with van der Waals surface area (Å²) in [6.45, 7) is 4.03. The molecule has 2 nitrogen and oxygen atoms in total. The standard InChI is InChI=1S/C14H16ClF2NO/c1-8-7-10(16)13(17)11(12(8)15)14(19)18-6-4-3-5-9(18)2/h7,9H,3-6H2,1-2H3/t9-/m1/s1. The van der Waals surface area contributed by atoms with E-state index in [9.17, 15) is 13.6 Å². The van der Waals surface area contributed by atoms with Crippen LogP contribution in [0.3, 0.4) is 0 Å². The van der Waals surface area contributed by atoms with Crippen molar-refractivity contribution >= 4 is 17.5 Å². The third-order valence-corrected chi connectivity index (χ3v) is 4.10. The third kappa shape index (κ3) is 2.59. The van der Waals surface area contributed by atoms with Crippen molar-refractivity contribution in [1.82, 2.24) is 4.90 Å². The Balaban J connectivity index is 2.43. The Kier molecular flexibility index (Phi) is 4.09. The predicted molar refractivity (Wildman–Crippen MR) is 70.5 cm³/mol. The number of aryl methyl sites for hydroxylation is 1. The van der Waals surface area contributed by atoms with Gasteiger partial charge in [0.15, 0.2) is 11.6 Å². The summed E-state index contributed by atoms with van der Waals surface area (Å²) in [4.78, 5) is 14.0. The van der Waals surface area contributed by atoms with Gasteiger partial charge in [0.25, 0.3) is 5.91 Å². The fourth-order valence-electron chi connectivity index (χ4n) is 2.46. The van der Waals surface area contributed by atoms with E-state index in [1.807, 2.05) is 6.92 Å². The van der Waals surface area contributed by atoms with Crippen molar-refractivity contribution in [2.75, 3.05) is 6.54 Å². The summed E-state index contributed by atoms with van der Waals surface area (Å²) in [5.74, 6) is -2.70. The molecule has 1 saturated heterocycles. The van der Waals surface area contributed by atoms with Gasteiger partial charge in [-0.3, -0.25) is 4.79 Å². The van der Waals surface area contributed by atoms with E-state index >= 15 is 0 Å². The van der Waals surface area contributed by atoms with E-state index in [0.717, 1.165) is 25.3 Å². The predicted octanol–water partition coefficient (Wildman–Crippen LogP) is 3.94. The molecule has 1 fully saturated rings. The molecule has 1 amide bonds. The number of benzene rings is 1. The molecular weight excluding hydrogens is 272 g/mol. The largest absolute Gasteiger partial charge is 0.336 e. The maximum Gasteiger partial charge on any atom is 0.258 e. The minimum absolute atomic E-state index is 0.00155. The minimum Gasteiger partial charge on any atom is -0.336 e. The lowest BCUT2D eigenvalue weighted by Gasteiger charge is -2.33. The van der Waals surface area contributed by atoms with Crippen LogP contribution in [0.15, 0.2) is 6.07 Å². The maximum atomic E-state index is 13.9. The maximum absolute atomic E-state index is 13.9. The average molecular weight is 288 g/mol. The van der Waals surface area contributed by atoms with E-state index in [1.54, 1.807) is 11.8 Å². The molecule has 0 N–H and O–H groups in total. The molecule has 1 aliphatic heterocycles. The van der Waals surface area contributed by atoms with Gasteiger partial charge in [-0.25, -0.2) is 8.78 Å². The Bertz CT molecular complexity index is 492. The van der Waals surface area contributed by atoms with Crippen LogP contribution >= 0.6 is 11.6 Å². The summed E-state index contributed by atoms with van der Waals surface area (Å²) >= 11 is 5.98. The molecule has 1 aromatic rings. The topological polar surface area (TPSA) is 20.3 Å². The zero-order valence-electron chi connectivity index (χ0n) is 11.0. The molecule has 1 aromatic carbocycles. The van der Waals surface area contributed by atoms with Crippen LogP contribution in [0, 0.1) is 18.6 Å². The first kappa shape index (κ1) is 14.3. The van der Waals surface area contributed by atoms with Crippen molar-refractivity contribution in [2.45, 2.75) is 39.2 Å². The second-order valence-corrected chi connectivity index (χ2v) is 5.40. The van der Waals surface area contributed by atoms with Crippen LogP contribution in [0.1, 0.15) is 42.1 Å². The first-order valence-corrected chi connectivity index (χ1v) is 6.76. The highest BCUT2D eigenvalue weighted by atomic mass is 35.5. The smallest absolute Gasteiger partial charge is 0.258 e. The average Bonchev–Trinajstić information content (AvgIpc) is 2.37. The van der Waals surface area contributed by atoms with Gasteiger partial charge < -0.3 is 4.90 Å². The molecule has 0 unspecified atom stereocenters. The number of likely N-dealkylation sites (tertiary alicyclic amines) is 1. The van der Waals surface area contributed by atoms with E-state index in [0.29, 0.717) is 12.1 Å². The van der Waals surface area contributed by atoms with Gasteiger partial charge in [0.1, 0.15) is 0 Å². The molecule has 5 heteroatoms. The van der Waals surface area contributed by atoms with Crippen molar-refractivity contribution in [3.8, 4) is 0 Å². The molecule has 0 bridgehead atoms. The molecule has 1 heterocycles. The van der Waals surface area contributed by atoms with Gasteiger partial charge in [-0.1, -0.05) is 11.6 Å². The second-order valence-electron chi connectivity index (χ2n) is 5.02. The number of nitrogens with zero attached hydrogens (tertiary/aromatic N) is 1. The van der Waals surface area contributed by atoms with E-state index in [1.165, 1.54) is 0 Å². The fourth-order valence-corrected chi connectivity index (χ4v) is 2.68.